The van der Waals surface area contributed by atoms with Crippen molar-refractivity contribution >= 4 is 28.1 Å². The highest BCUT2D eigenvalue weighted by molar-refractivity contribution is 7.13. The summed E-state index contributed by atoms with van der Waals surface area (Å²) in [4.78, 5) is 20.6. The van der Waals surface area contributed by atoms with Gasteiger partial charge in [0.15, 0.2) is 0 Å². The maximum atomic E-state index is 13.3. The lowest BCUT2D eigenvalue weighted by molar-refractivity contribution is -0.0734. The second kappa shape index (κ2) is 7.38. The fourth-order valence-electron chi connectivity index (χ4n) is 3.53. The van der Waals surface area contributed by atoms with Gasteiger partial charge in [-0.05, 0) is 23.6 Å². The van der Waals surface area contributed by atoms with Crippen LogP contribution in [-0.4, -0.2) is 53.3 Å². The van der Waals surface area contributed by atoms with Crippen molar-refractivity contribution in [2.75, 3.05) is 26.8 Å². The number of rotatable bonds is 4. The largest absolute Gasteiger partial charge is 0.388 e. The Hall–Kier alpha value is -2.28. The number of fused-ring (bicyclic) bond motifs is 1. The van der Waals surface area contributed by atoms with Crippen molar-refractivity contribution in [2.24, 2.45) is 0 Å². The van der Waals surface area contributed by atoms with Gasteiger partial charge in [-0.15, -0.1) is 11.3 Å². The zero-order chi connectivity index (χ0) is 18.9. The van der Waals surface area contributed by atoms with Gasteiger partial charge in [0.05, 0.1) is 27.3 Å². The molecule has 5 nitrogen and oxygen atoms in total. The predicted octanol–water partition coefficient (Wildman–Crippen LogP) is 3.58. The molecule has 1 saturated heterocycles. The van der Waals surface area contributed by atoms with Crippen LogP contribution in [0.15, 0.2) is 47.8 Å². The Morgan fingerprint density at radius 3 is 2.78 bits per heavy atom. The number of nitrogens with zero attached hydrogens (tertiary/aromatic N) is 2. The summed E-state index contributed by atoms with van der Waals surface area (Å²) in [6.07, 6.45) is 1.09. The van der Waals surface area contributed by atoms with Gasteiger partial charge in [-0.1, -0.05) is 24.3 Å². The zero-order valence-electron chi connectivity index (χ0n) is 15.2. The zero-order valence-corrected chi connectivity index (χ0v) is 16.0. The molecule has 4 rings (SSSR count). The SMILES string of the molecule is CN(CC1(O)CCOCC1)C(=O)c1cc(-c2cccs2)nc2ccccc12. The van der Waals surface area contributed by atoms with E-state index in [2.05, 4.69) is 0 Å². The number of para-hydroxylation sites is 1. The number of benzene rings is 1. The van der Waals surface area contributed by atoms with E-state index in [1.54, 1.807) is 23.3 Å². The molecule has 1 aliphatic heterocycles. The van der Waals surface area contributed by atoms with E-state index in [1.807, 2.05) is 47.8 Å². The Morgan fingerprint density at radius 1 is 1.26 bits per heavy atom. The summed E-state index contributed by atoms with van der Waals surface area (Å²) in [5, 5.41) is 13.6. The summed E-state index contributed by atoms with van der Waals surface area (Å²) < 4.78 is 5.34. The van der Waals surface area contributed by atoms with Gasteiger partial charge in [0.2, 0.25) is 0 Å². The second-order valence-corrected chi connectivity index (χ2v) is 8.00. The van der Waals surface area contributed by atoms with E-state index < -0.39 is 5.60 Å². The minimum absolute atomic E-state index is 0.105. The van der Waals surface area contributed by atoms with Crippen LogP contribution in [0.1, 0.15) is 23.2 Å². The van der Waals surface area contributed by atoms with E-state index in [9.17, 15) is 9.90 Å². The van der Waals surface area contributed by atoms with Gasteiger partial charge in [0.1, 0.15) is 0 Å². The fraction of sp³-hybridized carbons (Fsp3) is 0.333. The van der Waals surface area contributed by atoms with Crippen molar-refractivity contribution in [1.82, 2.24) is 9.88 Å². The highest BCUT2D eigenvalue weighted by atomic mass is 32.1. The van der Waals surface area contributed by atoms with Crippen LogP contribution in [0, 0.1) is 0 Å². The lowest BCUT2D eigenvalue weighted by Gasteiger charge is -2.35. The van der Waals surface area contributed by atoms with Gasteiger partial charge >= 0.3 is 0 Å². The number of carbonyl (C=O) groups is 1. The van der Waals surface area contributed by atoms with Crippen molar-refractivity contribution in [1.29, 1.82) is 0 Å². The average molecular weight is 382 g/mol. The smallest absolute Gasteiger partial charge is 0.254 e. The van der Waals surface area contributed by atoms with Crippen molar-refractivity contribution in [3.8, 4) is 10.6 Å². The molecule has 2 aromatic heterocycles. The monoisotopic (exact) mass is 382 g/mol. The molecule has 1 aromatic carbocycles. The van der Waals surface area contributed by atoms with Crippen molar-refractivity contribution in [3.63, 3.8) is 0 Å². The highest BCUT2D eigenvalue weighted by Gasteiger charge is 2.33. The van der Waals surface area contributed by atoms with Gasteiger partial charge in [0.25, 0.3) is 5.91 Å². The molecule has 0 radical (unpaired) electrons. The highest BCUT2D eigenvalue weighted by Crippen LogP contribution is 2.29. The molecule has 0 atom stereocenters. The Bertz CT molecular complexity index is 949. The third-order valence-corrected chi connectivity index (χ3v) is 5.91. The predicted molar refractivity (Wildman–Crippen MR) is 107 cm³/mol. The van der Waals surface area contributed by atoms with Gasteiger partial charge in [-0.25, -0.2) is 4.98 Å². The van der Waals surface area contributed by atoms with E-state index in [1.165, 1.54) is 0 Å². The minimum atomic E-state index is -0.887. The maximum Gasteiger partial charge on any atom is 0.254 e. The average Bonchev–Trinajstić information content (AvgIpc) is 3.21. The number of ether oxygens (including phenoxy) is 1. The molecule has 0 unspecified atom stereocenters. The Balaban J connectivity index is 1.70. The molecule has 0 bridgehead atoms. The van der Waals surface area contributed by atoms with Crippen LogP contribution in [0.25, 0.3) is 21.5 Å². The molecule has 3 heterocycles. The third-order valence-electron chi connectivity index (χ3n) is 5.02. The Labute approximate surface area is 162 Å². The second-order valence-electron chi connectivity index (χ2n) is 7.05. The van der Waals surface area contributed by atoms with Crippen LogP contribution in [0.2, 0.25) is 0 Å². The number of hydrogen-bond acceptors (Lipinski definition) is 5. The summed E-state index contributed by atoms with van der Waals surface area (Å²) in [6.45, 7) is 1.35. The first-order chi connectivity index (χ1) is 13.1. The van der Waals surface area contributed by atoms with Crippen molar-refractivity contribution in [3.05, 3.63) is 53.4 Å². The number of aromatic nitrogens is 1. The molecule has 1 fully saturated rings. The molecule has 1 N–H and O–H groups in total. The standard InChI is InChI=1S/C21H22N2O3S/c1-23(14-21(25)8-10-26-11-9-21)20(24)16-13-18(19-7-4-12-27-19)22-17-6-3-2-5-15(16)17/h2-7,12-13,25H,8-11,14H2,1H3. The number of carbonyl (C=O) groups excluding carboxylic acids is 1. The van der Waals surface area contributed by atoms with Crippen molar-refractivity contribution in [2.45, 2.75) is 18.4 Å². The van der Waals surface area contributed by atoms with Gasteiger partial charge in [-0.2, -0.15) is 0 Å². The molecule has 0 saturated carbocycles. The lowest BCUT2D eigenvalue weighted by Crippen LogP contribution is -2.47. The first kappa shape index (κ1) is 18.1. The molecule has 1 amide bonds. The van der Waals surface area contributed by atoms with Gasteiger partial charge in [0, 0.05) is 45.0 Å². The normalized spacial score (nSPS) is 16.4. The number of aliphatic hydroxyl groups is 1. The van der Waals surface area contributed by atoms with E-state index >= 15 is 0 Å². The van der Waals surface area contributed by atoms with E-state index in [0.29, 0.717) is 38.2 Å². The molecule has 140 valence electrons. The van der Waals surface area contributed by atoms with E-state index in [0.717, 1.165) is 21.5 Å². The van der Waals surface area contributed by atoms with Gasteiger partial charge in [-0.3, -0.25) is 4.79 Å². The first-order valence-electron chi connectivity index (χ1n) is 9.05. The lowest BCUT2D eigenvalue weighted by atomic mass is 9.93. The Kier molecular flexibility index (Phi) is 4.95. The summed E-state index contributed by atoms with van der Waals surface area (Å²) in [7, 11) is 1.75. The molecular weight excluding hydrogens is 360 g/mol. The number of amides is 1. The van der Waals surface area contributed by atoms with Crippen LogP contribution in [0.3, 0.4) is 0 Å². The number of hydrogen-bond donors (Lipinski definition) is 1. The van der Waals surface area contributed by atoms with Crippen LogP contribution in [0.5, 0.6) is 0 Å². The molecule has 1 aliphatic rings. The summed E-state index contributed by atoms with van der Waals surface area (Å²) in [5.74, 6) is -0.105. The van der Waals surface area contributed by atoms with Crippen LogP contribution < -0.4 is 0 Å². The number of likely N-dealkylation sites (N-methyl/N-ethyl adjacent to an activating group) is 1. The molecule has 3 aromatic rings. The third kappa shape index (κ3) is 3.74. The first-order valence-corrected chi connectivity index (χ1v) is 9.93. The van der Waals surface area contributed by atoms with Crippen molar-refractivity contribution < 1.29 is 14.6 Å². The fourth-order valence-corrected chi connectivity index (χ4v) is 4.22. The molecule has 27 heavy (non-hydrogen) atoms. The van der Waals surface area contributed by atoms with Crippen LogP contribution >= 0.6 is 11.3 Å². The quantitative estimate of drug-likeness (QED) is 0.749. The molecule has 0 spiro atoms. The minimum Gasteiger partial charge on any atom is -0.388 e. The maximum absolute atomic E-state index is 13.3. The Morgan fingerprint density at radius 2 is 2.04 bits per heavy atom. The summed E-state index contributed by atoms with van der Waals surface area (Å²) in [6, 6.07) is 13.5. The summed E-state index contributed by atoms with van der Waals surface area (Å²) in [5.41, 5.74) is 1.32. The number of thiophene rings is 1. The van der Waals surface area contributed by atoms with Crippen LogP contribution in [0.4, 0.5) is 0 Å². The molecule has 6 heteroatoms. The van der Waals surface area contributed by atoms with E-state index in [4.69, 9.17) is 9.72 Å². The van der Waals surface area contributed by atoms with Crippen LogP contribution in [-0.2, 0) is 4.74 Å². The topological polar surface area (TPSA) is 62.7 Å². The van der Waals surface area contributed by atoms with E-state index in [-0.39, 0.29) is 5.91 Å². The number of pyridine rings is 1. The molecule has 0 aliphatic carbocycles. The molecular formula is C21H22N2O3S. The van der Waals surface area contributed by atoms with Gasteiger partial charge < -0.3 is 14.7 Å². The summed E-state index contributed by atoms with van der Waals surface area (Å²) >= 11 is 1.60.